The molecule has 0 aromatic carbocycles. The highest BCUT2D eigenvalue weighted by atomic mass is 32.2. The molecule has 1 aliphatic heterocycles. The minimum Gasteiger partial charge on any atom is -0.387 e. The predicted molar refractivity (Wildman–Crippen MR) is 100 cm³/mol. The molecule has 4 unspecified atom stereocenters. The summed E-state index contributed by atoms with van der Waals surface area (Å²) >= 11 is 0. The van der Waals surface area contributed by atoms with Gasteiger partial charge >= 0.3 is 0 Å². The van der Waals surface area contributed by atoms with E-state index in [0.29, 0.717) is 11.2 Å². The van der Waals surface area contributed by atoms with Gasteiger partial charge in [0, 0.05) is 23.4 Å². The zero-order valence-corrected chi connectivity index (χ0v) is 15.5. The van der Waals surface area contributed by atoms with Crippen LogP contribution in [0.2, 0.25) is 0 Å². The second-order valence-electron chi connectivity index (χ2n) is 6.88. The molecule has 2 aromatic rings. The van der Waals surface area contributed by atoms with Crippen molar-refractivity contribution in [3.8, 4) is 0 Å². The Morgan fingerprint density at radius 3 is 2.74 bits per heavy atom. The first-order chi connectivity index (χ1) is 12.9. The van der Waals surface area contributed by atoms with Crippen molar-refractivity contribution in [3.63, 3.8) is 0 Å². The van der Waals surface area contributed by atoms with Crippen LogP contribution >= 0.6 is 0 Å². The van der Waals surface area contributed by atoms with E-state index in [9.17, 15) is 15.3 Å². The molecule has 27 heavy (non-hydrogen) atoms. The highest BCUT2D eigenvalue weighted by molar-refractivity contribution is 7.97. The molecule has 11 heteroatoms. The maximum Gasteiger partial charge on any atom is 0.245 e. The summed E-state index contributed by atoms with van der Waals surface area (Å²) in [5, 5.41) is 31.9. The Bertz CT molecular complexity index is 863. The molecular formula is C16H23N6O4S+. The van der Waals surface area contributed by atoms with Crippen LogP contribution in [-0.2, 0) is 15.6 Å². The van der Waals surface area contributed by atoms with E-state index in [1.807, 2.05) is 18.4 Å². The second kappa shape index (κ2) is 7.00. The van der Waals surface area contributed by atoms with Gasteiger partial charge in [0.05, 0.1) is 6.33 Å². The van der Waals surface area contributed by atoms with E-state index in [1.165, 1.54) is 17.2 Å². The number of hydrogen-bond acceptors (Lipinski definition) is 9. The van der Waals surface area contributed by atoms with E-state index in [-0.39, 0.29) is 17.1 Å². The third kappa shape index (κ3) is 3.10. The van der Waals surface area contributed by atoms with Gasteiger partial charge in [-0.2, -0.15) is 0 Å². The van der Waals surface area contributed by atoms with Gasteiger partial charge in [-0.05, 0) is 6.08 Å². The van der Waals surface area contributed by atoms with E-state index in [1.54, 1.807) is 0 Å². The van der Waals surface area contributed by atoms with E-state index in [0.717, 1.165) is 6.42 Å². The van der Waals surface area contributed by atoms with Gasteiger partial charge in [-0.25, -0.2) is 15.0 Å². The molecule has 0 bridgehead atoms. The first-order valence-corrected chi connectivity index (χ1v) is 10.3. The number of fused-ring (bicyclic) bond motifs is 1. The van der Waals surface area contributed by atoms with Gasteiger partial charge in [-0.3, -0.25) is 4.57 Å². The summed E-state index contributed by atoms with van der Waals surface area (Å²) in [6, 6.07) is -0.0210. The van der Waals surface area contributed by atoms with Gasteiger partial charge < -0.3 is 31.5 Å². The Labute approximate surface area is 158 Å². The van der Waals surface area contributed by atoms with Crippen LogP contribution in [0.5, 0.6) is 0 Å². The highest BCUT2D eigenvalue weighted by Crippen LogP contribution is 2.35. The number of ether oxygens (including phenoxy) is 1. The van der Waals surface area contributed by atoms with Crippen LogP contribution in [0, 0.1) is 0 Å². The van der Waals surface area contributed by atoms with Gasteiger partial charge in [-0.1, -0.05) is 6.08 Å². The zero-order valence-electron chi connectivity index (χ0n) is 14.7. The number of hydrogen-bond donors (Lipinski definition) is 5. The number of imidazole rings is 1. The molecule has 2 aromatic heterocycles. The molecule has 10 nitrogen and oxygen atoms in total. The Morgan fingerprint density at radius 1 is 1.26 bits per heavy atom. The van der Waals surface area contributed by atoms with Crippen molar-refractivity contribution < 1.29 is 20.1 Å². The monoisotopic (exact) mass is 395 g/mol. The third-order valence-corrected chi connectivity index (χ3v) is 7.49. The van der Waals surface area contributed by atoms with Crippen molar-refractivity contribution in [2.75, 3.05) is 12.0 Å². The first-order valence-electron chi connectivity index (χ1n) is 8.58. The van der Waals surface area contributed by atoms with Crippen molar-refractivity contribution in [1.29, 1.82) is 0 Å². The van der Waals surface area contributed by atoms with Crippen LogP contribution in [0.25, 0.3) is 11.2 Å². The van der Waals surface area contributed by atoms with Gasteiger partial charge in [0.15, 0.2) is 23.8 Å². The Morgan fingerprint density at radius 2 is 2.04 bits per heavy atom. The minimum absolute atomic E-state index is 0.0210. The molecule has 4 rings (SSSR count). The second-order valence-corrected chi connectivity index (χ2v) is 9.18. The summed E-state index contributed by atoms with van der Waals surface area (Å²) < 4.78 is 7.36. The molecule has 3 heterocycles. The zero-order chi connectivity index (χ0) is 19.3. The predicted octanol–water partition coefficient (Wildman–Crippen LogP) is -1.75. The number of nitrogens with zero attached hydrogens (tertiary/aromatic N) is 4. The molecule has 2 aliphatic rings. The maximum atomic E-state index is 10.8. The molecule has 1 saturated heterocycles. The topological polar surface area (TPSA) is 166 Å². The molecule has 1 fully saturated rings. The van der Waals surface area contributed by atoms with E-state index in [2.05, 4.69) is 15.0 Å². The van der Waals surface area contributed by atoms with Gasteiger partial charge in [0.25, 0.3) is 0 Å². The van der Waals surface area contributed by atoms with Crippen LogP contribution < -0.4 is 11.5 Å². The van der Waals surface area contributed by atoms with Gasteiger partial charge in [-0.15, -0.1) is 0 Å². The molecule has 0 amide bonds. The number of aromatic nitrogens is 4. The van der Waals surface area contributed by atoms with Gasteiger partial charge in [0.1, 0.15) is 35.6 Å². The van der Waals surface area contributed by atoms with Crippen molar-refractivity contribution in [3.05, 3.63) is 24.8 Å². The molecular weight excluding hydrogens is 372 g/mol. The summed E-state index contributed by atoms with van der Waals surface area (Å²) in [5.74, 6) is 0.211. The fourth-order valence-electron chi connectivity index (χ4n) is 3.57. The van der Waals surface area contributed by atoms with E-state index in [4.69, 9.17) is 16.2 Å². The SMILES string of the molecule is C[S+](C1C=CC(N)C1)C(O)[C@H]1O[C@@H](n2cnc3c(N)ncnc32)[C@H](O)[C@@H]1O. The molecule has 7 N–H and O–H groups in total. The number of nitrogens with two attached hydrogens (primary N) is 2. The van der Waals surface area contributed by atoms with Crippen LogP contribution in [-0.4, -0.2) is 76.1 Å². The van der Waals surface area contributed by atoms with Crippen molar-refractivity contribution in [2.45, 2.75) is 47.7 Å². The smallest absolute Gasteiger partial charge is 0.245 e. The van der Waals surface area contributed by atoms with Crippen molar-refractivity contribution >= 4 is 27.9 Å². The van der Waals surface area contributed by atoms with Gasteiger partial charge in [0.2, 0.25) is 5.44 Å². The molecule has 0 saturated carbocycles. The van der Waals surface area contributed by atoms with Crippen molar-refractivity contribution in [2.24, 2.45) is 5.73 Å². The lowest BCUT2D eigenvalue weighted by molar-refractivity contribution is -0.0602. The molecule has 8 atom stereocenters. The van der Waals surface area contributed by atoms with E-state index >= 15 is 0 Å². The summed E-state index contributed by atoms with van der Waals surface area (Å²) in [4.78, 5) is 12.2. The van der Waals surface area contributed by atoms with Crippen LogP contribution in [0.1, 0.15) is 12.6 Å². The lowest BCUT2D eigenvalue weighted by Crippen LogP contribution is -2.45. The summed E-state index contributed by atoms with van der Waals surface area (Å²) in [7, 11) is -0.507. The Hall–Kier alpha value is -1.76. The Kier molecular flexibility index (Phi) is 4.82. The normalized spacial score (nSPS) is 35.7. The number of rotatable bonds is 4. The number of anilines is 1. The summed E-state index contributed by atoms with van der Waals surface area (Å²) in [6.45, 7) is 0. The quantitative estimate of drug-likeness (QED) is 0.298. The van der Waals surface area contributed by atoms with Crippen LogP contribution in [0.3, 0.4) is 0 Å². The minimum atomic E-state index is -1.25. The molecule has 1 aliphatic carbocycles. The van der Waals surface area contributed by atoms with Crippen LogP contribution in [0.15, 0.2) is 24.8 Å². The fourth-order valence-corrected chi connectivity index (χ4v) is 5.44. The lowest BCUT2D eigenvalue weighted by atomic mass is 10.1. The largest absolute Gasteiger partial charge is 0.387 e. The summed E-state index contributed by atoms with van der Waals surface area (Å²) in [6.07, 6.45) is 4.89. The standard InChI is InChI=1S/C16H23N6O4S/c1-27(8-3-2-7(17)4-8)16(25)12-10(23)11(24)15(26-12)22-6-21-9-13(18)19-5-20-14(9)22/h2-3,5-8,10-12,15-16,23-25H,4,17H2,1H3,(H2,18,19,20)/q+1/t7?,8?,10-,11+,12-,15+,16?,27?/m0/s1. The van der Waals surface area contributed by atoms with Crippen LogP contribution in [0.4, 0.5) is 5.82 Å². The maximum absolute atomic E-state index is 10.8. The average molecular weight is 395 g/mol. The fraction of sp³-hybridized carbons (Fsp3) is 0.562. The molecule has 0 radical (unpaired) electrons. The van der Waals surface area contributed by atoms with Crippen molar-refractivity contribution in [1.82, 2.24) is 19.5 Å². The molecule has 0 spiro atoms. The summed E-state index contributed by atoms with van der Waals surface area (Å²) in [5.41, 5.74) is 11.5. The lowest BCUT2D eigenvalue weighted by Gasteiger charge is -2.22. The Balaban J connectivity index is 1.57. The highest BCUT2D eigenvalue weighted by Gasteiger charge is 2.53. The average Bonchev–Trinajstić information content (AvgIpc) is 3.34. The number of nitrogen functional groups attached to an aromatic ring is 1. The third-order valence-electron chi connectivity index (χ3n) is 5.15. The number of aliphatic hydroxyl groups excluding tert-OH is 3. The first kappa shape index (κ1) is 18.6. The van der Waals surface area contributed by atoms with E-state index < -0.39 is 40.9 Å². The number of aliphatic hydroxyl groups is 3. The molecule has 146 valence electrons.